The van der Waals surface area contributed by atoms with Crippen molar-refractivity contribution >= 4 is 0 Å². The van der Waals surface area contributed by atoms with E-state index < -0.39 is 28.7 Å². The van der Waals surface area contributed by atoms with Crippen LogP contribution in [0.25, 0.3) is 11.1 Å². The minimum absolute atomic E-state index is 0.0172. The summed E-state index contributed by atoms with van der Waals surface area (Å²) in [6, 6.07) is 5.43. The van der Waals surface area contributed by atoms with Gasteiger partial charge in [-0.15, -0.1) is 0 Å². The van der Waals surface area contributed by atoms with Crippen LogP contribution in [0, 0.1) is 23.5 Å². The smallest absolute Gasteiger partial charge is 0.305 e. The Morgan fingerprint density at radius 3 is 2.03 bits per heavy atom. The third-order valence-electron chi connectivity index (χ3n) is 8.05. The van der Waals surface area contributed by atoms with Gasteiger partial charge in [0.2, 0.25) is 0 Å². The van der Waals surface area contributed by atoms with Gasteiger partial charge in [-0.2, -0.15) is 8.78 Å². The normalized spacial score (nSPS) is 24.1. The Kier molecular flexibility index (Phi) is 7.42. The van der Waals surface area contributed by atoms with E-state index >= 15 is 13.2 Å². The topological polar surface area (TPSA) is 27.7 Å². The van der Waals surface area contributed by atoms with Crippen LogP contribution in [0.15, 0.2) is 36.1 Å². The van der Waals surface area contributed by atoms with Crippen molar-refractivity contribution in [2.45, 2.75) is 77.2 Å². The maximum atomic E-state index is 15.4. The minimum Gasteiger partial charge on any atom is -0.498 e. The van der Waals surface area contributed by atoms with Crippen LogP contribution < -0.4 is 9.47 Å². The number of fused-ring (bicyclic) bond motifs is 3. The molecule has 1 aliphatic heterocycles. The SMILES string of the molecule is CCCC1CCC(C2CCC(COc3ccc4c(c3F)C(F)(F)c3c-4ccc(OCC)c3F)CC2)=CO1. The molecule has 0 aromatic heterocycles. The third-order valence-corrected chi connectivity index (χ3v) is 8.05. The standard InChI is InChI=1S/C30H34F4O3/c1-3-5-21-11-10-20(17-36-21)19-8-6-18(7-9-19)16-37-25-15-13-23-22-12-14-24(35-4-2)28(31)26(22)30(33,34)27(23)29(25)32/h12-15,17-19,21H,3-11,16H2,1-2H3. The third kappa shape index (κ3) is 4.82. The fourth-order valence-electron chi connectivity index (χ4n) is 6.06. The van der Waals surface area contributed by atoms with Gasteiger partial charge < -0.3 is 14.2 Å². The summed E-state index contributed by atoms with van der Waals surface area (Å²) in [7, 11) is 0. The van der Waals surface area contributed by atoms with Crippen LogP contribution in [0.4, 0.5) is 17.6 Å². The second-order valence-electron chi connectivity index (χ2n) is 10.4. The summed E-state index contributed by atoms with van der Waals surface area (Å²) in [6.45, 7) is 4.20. The molecule has 1 atom stereocenters. The molecule has 1 fully saturated rings. The fraction of sp³-hybridized carbons (Fsp3) is 0.533. The van der Waals surface area contributed by atoms with Gasteiger partial charge in [0, 0.05) is 0 Å². The van der Waals surface area contributed by atoms with Gasteiger partial charge >= 0.3 is 5.92 Å². The predicted molar refractivity (Wildman–Crippen MR) is 134 cm³/mol. The number of benzene rings is 2. The van der Waals surface area contributed by atoms with Crippen LogP contribution in [0.1, 0.15) is 76.3 Å². The Morgan fingerprint density at radius 1 is 0.865 bits per heavy atom. The zero-order valence-corrected chi connectivity index (χ0v) is 21.4. The number of halogens is 4. The molecule has 0 radical (unpaired) electrons. The van der Waals surface area contributed by atoms with Crippen molar-refractivity contribution in [1.82, 2.24) is 0 Å². The van der Waals surface area contributed by atoms with Gasteiger partial charge in [-0.3, -0.25) is 0 Å². The molecule has 0 saturated heterocycles. The molecule has 2 aromatic carbocycles. The van der Waals surface area contributed by atoms with Gasteiger partial charge in [-0.25, -0.2) is 8.78 Å². The highest BCUT2D eigenvalue weighted by Gasteiger charge is 2.50. The second kappa shape index (κ2) is 10.6. The summed E-state index contributed by atoms with van der Waals surface area (Å²) in [6.07, 6.45) is 10.6. The van der Waals surface area contributed by atoms with Crippen molar-refractivity contribution in [3.63, 3.8) is 0 Å². The lowest BCUT2D eigenvalue weighted by Crippen LogP contribution is -2.24. The van der Waals surface area contributed by atoms with Gasteiger partial charge in [0.05, 0.1) is 36.7 Å². The minimum atomic E-state index is -3.82. The van der Waals surface area contributed by atoms with E-state index in [-0.39, 0.29) is 41.8 Å². The molecule has 1 saturated carbocycles. The first kappa shape index (κ1) is 25.9. The van der Waals surface area contributed by atoms with Gasteiger partial charge in [0.15, 0.2) is 23.1 Å². The lowest BCUT2D eigenvalue weighted by molar-refractivity contribution is 0.0391. The summed E-state index contributed by atoms with van der Waals surface area (Å²) in [5, 5.41) is 0. The maximum Gasteiger partial charge on any atom is 0.305 e. The molecular weight excluding hydrogens is 484 g/mol. The highest BCUT2D eigenvalue weighted by Crippen LogP contribution is 2.55. The zero-order chi connectivity index (χ0) is 26.2. The summed E-state index contributed by atoms with van der Waals surface area (Å²) in [4.78, 5) is 0. The van der Waals surface area contributed by atoms with Crippen LogP contribution in [0.2, 0.25) is 0 Å². The monoisotopic (exact) mass is 518 g/mol. The van der Waals surface area contributed by atoms with E-state index in [0.29, 0.717) is 12.0 Å². The van der Waals surface area contributed by atoms with Crippen LogP contribution in [0.5, 0.6) is 11.5 Å². The Bertz CT molecular complexity index is 1170. The van der Waals surface area contributed by atoms with E-state index in [1.165, 1.54) is 29.8 Å². The van der Waals surface area contributed by atoms with Gasteiger partial charge in [0.25, 0.3) is 0 Å². The number of hydrogen-bond acceptors (Lipinski definition) is 3. The molecule has 0 amide bonds. The van der Waals surface area contributed by atoms with E-state index in [0.717, 1.165) is 51.4 Å². The van der Waals surface area contributed by atoms with Crippen LogP contribution in [-0.4, -0.2) is 19.3 Å². The number of alkyl halides is 2. The number of allylic oxidation sites excluding steroid dienone is 1. The van der Waals surface area contributed by atoms with Gasteiger partial charge in [0.1, 0.15) is 0 Å². The Labute approximate surface area is 215 Å². The molecule has 0 bridgehead atoms. The van der Waals surface area contributed by atoms with Crippen molar-refractivity contribution in [2.75, 3.05) is 13.2 Å². The highest BCUT2D eigenvalue weighted by molar-refractivity contribution is 5.81. The zero-order valence-electron chi connectivity index (χ0n) is 21.4. The van der Waals surface area contributed by atoms with Crippen LogP contribution >= 0.6 is 0 Å². The first-order valence-electron chi connectivity index (χ1n) is 13.5. The molecule has 3 nitrogen and oxygen atoms in total. The molecule has 3 aliphatic rings. The lowest BCUT2D eigenvalue weighted by atomic mass is 9.77. The first-order chi connectivity index (χ1) is 17.8. The lowest BCUT2D eigenvalue weighted by Gasteiger charge is -2.32. The van der Waals surface area contributed by atoms with Crippen molar-refractivity contribution in [2.24, 2.45) is 11.8 Å². The number of rotatable bonds is 8. The maximum absolute atomic E-state index is 15.4. The summed E-state index contributed by atoms with van der Waals surface area (Å²) >= 11 is 0. The quantitative estimate of drug-likeness (QED) is 0.328. The van der Waals surface area contributed by atoms with E-state index in [1.807, 2.05) is 6.26 Å². The molecule has 1 heterocycles. The first-order valence-corrected chi connectivity index (χ1v) is 13.5. The molecule has 0 spiro atoms. The van der Waals surface area contributed by atoms with Crippen LogP contribution in [-0.2, 0) is 10.7 Å². The average Bonchev–Trinajstić information content (AvgIpc) is 3.14. The molecule has 0 N–H and O–H groups in total. The highest BCUT2D eigenvalue weighted by atomic mass is 19.3. The summed E-state index contributed by atoms with van der Waals surface area (Å²) in [5.74, 6) is -5.86. The predicted octanol–water partition coefficient (Wildman–Crippen LogP) is 8.53. The molecule has 1 unspecified atom stereocenters. The molecular formula is C30H34F4O3. The number of ether oxygens (including phenoxy) is 3. The Balaban J connectivity index is 1.24. The van der Waals surface area contributed by atoms with E-state index in [2.05, 4.69) is 6.92 Å². The molecule has 5 rings (SSSR count). The van der Waals surface area contributed by atoms with Crippen molar-refractivity contribution < 1.29 is 31.8 Å². The van der Waals surface area contributed by atoms with Crippen LogP contribution in [0.3, 0.4) is 0 Å². The second-order valence-corrected chi connectivity index (χ2v) is 10.4. The van der Waals surface area contributed by atoms with Gasteiger partial charge in [-0.1, -0.05) is 13.3 Å². The molecule has 37 heavy (non-hydrogen) atoms. The molecule has 200 valence electrons. The molecule has 7 heteroatoms. The fourth-order valence-corrected chi connectivity index (χ4v) is 6.06. The largest absolute Gasteiger partial charge is 0.498 e. The van der Waals surface area contributed by atoms with Crippen molar-refractivity contribution in [3.8, 4) is 22.6 Å². The molecule has 2 aromatic rings. The van der Waals surface area contributed by atoms with E-state index in [9.17, 15) is 4.39 Å². The van der Waals surface area contributed by atoms with E-state index in [1.54, 1.807) is 6.92 Å². The van der Waals surface area contributed by atoms with E-state index in [4.69, 9.17) is 14.2 Å². The Morgan fingerprint density at radius 2 is 1.49 bits per heavy atom. The summed E-state index contributed by atoms with van der Waals surface area (Å²) < 4.78 is 77.7. The van der Waals surface area contributed by atoms with Gasteiger partial charge in [-0.05, 0) is 105 Å². The summed E-state index contributed by atoms with van der Waals surface area (Å²) in [5.41, 5.74) is -0.326. The molecule has 2 aliphatic carbocycles. The van der Waals surface area contributed by atoms with Crippen molar-refractivity contribution in [1.29, 1.82) is 0 Å². The average molecular weight is 519 g/mol. The number of hydrogen-bond donors (Lipinski definition) is 0. The Hall–Kier alpha value is -2.70. The van der Waals surface area contributed by atoms with Crippen molar-refractivity contribution in [3.05, 3.63) is 58.9 Å².